The SMILES string of the molecule is CCCCCC1=NN(C(=O)N[C@@]2(C)[C@H]3CC[C@]2(C)CC3)CC1c1cccc(F)c1. The van der Waals surface area contributed by atoms with Gasteiger partial charge in [-0.05, 0) is 74.5 Å². The van der Waals surface area contributed by atoms with Gasteiger partial charge in [-0.1, -0.05) is 38.8 Å². The number of carbonyl (C=O) groups is 1. The molecule has 1 aliphatic heterocycles. The van der Waals surface area contributed by atoms with Crippen LogP contribution in [0.25, 0.3) is 0 Å². The first-order valence-corrected chi connectivity index (χ1v) is 11.3. The first kappa shape index (κ1) is 20.4. The summed E-state index contributed by atoms with van der Waals surface area (Å²) in [4.78, 5) is 13.2. The maximum absolute atomic E-state index is 13.8. The molecule has 5 heteroatoms. The number of hydrogen-bond acceptors (Lipinski definition) is 2. The van der Waals surface area contributed by atoms with Crippen LogP contribution in [0.2, 0.25) is 0 Å². The van der Waals surface area contributed by atoms with Crippen LogP contribution in [0, 0.1) is 17.2 Å². The van der Waals surface area contributed by atoms with E-state index in [0.717, 1.165) is 37.0 Å². The minimum absolute atomic E-state index is 0.0167. The van der Waals surface area contributed by atoms with Crippen LogP contribution in [0.1, 0.15) is 83.6 Å². The third-order valence-electron chi connectivity index (χ3n) is 8.05. The smallest absolute Gasteiger partial charge is 0.331 e. The van der Waals surface area contributed by atoms with Crippen LogP contribution in [0.5, 0.6) is 0 Å². The lowest BCUT2D eigenvalue weighted by molar-refractivity contribution is 0.148. The zero-order valence-corrected chi connectivity index (χ0v) is 18.0. The Hall–Kier alpha value is -1.91. The normalized spacial score (nSPS) is 33.2. The lowest BCUT2D eigenvalue weighted by Crippen LogP contribution is -2.56. The summed E-state index contributed by atoms with van der Waals surface area (Å²) in [5.74, 6) is 0.310. The van der Waals surface area contributed by atoms with E-state index in [-0.39, 0.29) is 28.7 Å². The molecular formula is C24H34FN3O. The van der Waals surface area contributed by atoms with Crippen LogP contribution in [0.4, 0.5) is 9.18 Å². The van der Waals surface area contributed by atoms with E-state index in [4.69, 9.17) is 5.10 Å². The Morgan fingerprint density at radius 3 is 2.66 bits per heavy atom. The molecule has 1 aromatic carbocycles. The Morgan fingerprint density at radius 2 is 2.03 bits per heavy atom. The molecule has 1 N–H and O–H groups in total. The van der Waals surface area contributed by atoms with Crippen molar-refractivity contribution in [1.82, 2.24) is 10.3 Å². The molecule has 2 saturated carbocycles. The molecule has 0 radical (unpaired) electrons. The number of hydrazone groups is 1. The van der Waals surface area contributed by atoms with Gasteiger partial charge in [-0.25, -0.2) is 14.2 Å². The topological polar surface area (TPSA) is 44.7 Å². The zero-order valence-electron chi connectivity index (χ0n) is 18.0. The number of nitrogens with zero attached hydrogens (tertiary/aromatic N) is 2. The predicted molar refractivity (Wildman–Crippen MR) is 114 cm³/mol. The maximum Gasteiger partial charge on any atom is 0.338 e. The van der Waals surface area contributed by atoms with E-state index >= 15 is 0 Å². The van der Waals surface area contributed by atoms with E-state index in [1.807, 2.05) is 6.07 Å². The number of unbranched alkanes of at least 4 members (excludes halogenated alkanes) is 2. The van der Waals surface area contributed by atoms with Gasteiger partial charge >= 0.3 is 6.03 Å². The molecule has 2 aliphatic carbocycles. The van der Waals surface area contributed by atoms with E-state index in [1.54, 1.807) is 17.1 Å². The molecule has 158 valence electrons. The minimum atomic E-state index is -0.235. The fraction of sp³-hybridized carbons (Fsp3) is 0.667. The van der Waals surface area contributed by atoms with Crippen LogP contribution in [0.15, 0.2) is 29.4 Å². The predicted octanol–water partition coefficient (Wildman–Crippen LogP) is 5.84. The fourth-order valence-corrected chi connectivity index (χ4v) is 5.86. The highest BCUT2D eigenvalue weighted by molar-refractivity contribution is 5.94. The van der Waals surface area contributed by atoms with Gasteiger partial charge in [0, 0.05) is 17.2 Å². The van der Waals surface area contributed by atoms with Crippen molar-refractivity contribution in [3.05, 3.63) is 35.6 Å². The Morgan fingerprint density at radius 1 is 1.28 bits per heavy atom. The van der Waals surface area contributed by atoms with Crippen LogP contribution in [-0.2, 0) is 0 Å². The number of hydrogen-bond donors (Lipinski definition) is 1. The molecule has 1 aromatic rings. The van der Waals surface area contributed by atoms with Crippen molar-refractivity contribution in [2.75, 3.05) is 6.54 Å². The van der Waals surface area contributed by atoms with Crippen molar-refractivity contribution >= 4 is 11.7 Å². The zero-order chi connectivity index (χ0) is 20.6. The third kappa shape index (κ3) is 3.57. The molecule has 1 heterocycles. The molecule has 0 saturated heterocycles. The number of nitrogens with one attached hydrogen (secondary N) is 1. The van der Waals surface area contributed by atoms with Crippen molar-refractivity contribution in [1.29, 1.82) is 0 Å². The Balaban J connectivity index is 1.52. The van der Waals surface area contributed by atoms with Crippen molar-refractivity contribution < 1.29 is 9.18 Å². The number of amides is 2. The monoisotopic (exact) mass is 399 g/mol. The van der Waals surface area contributed by atoms with Gasteiger partial charge in [0.1, 0.15) is 5.82 Å². The Kier molecular flexibility index (Phi) is 5.43. The minimum Gasteiger partial charge on any atom is -0.331 e. The summed E-state index contributed by atoms with van der Waals surface area (Å²) in [7, 11) is 0. The lowest BCUT2D eigenvalue weighted by Gasteiger charge is -2.39. The van der Waals surface area contributed by atoms with E-state index in [2.05, 4.69) is 26.1 Å². The second-order valence-corrected chi connectivity index (χ2v) is 9.71. The van der Waals surface area contributed by atoms with E-state index in [9.17, 15) is 9.18 Å². The largest absolute Gasteiger partial charge is 0.338 e. The van der Waals surface area contributed by atoms with Gasteiger partial charge in [-0.2, -0.15) is 5.10 Å². The Bertz CT molecular complexity index is 799. The standard InChI is InChI=1S/C24H34FN3O/c1-4-5-6-10-21-20(17-8-7-9-19(25)15-17)16-28(27-21)22(29)26-24(3)18-11-13-23(24,2)14-12-18/h7-9,15,18,20H,4-6,10-14,16H2,1-3H3,(H,26,29)/t18-,20?,23+,24-/m0/s1. The van der Waals surface area contributed by atoms with Gasteiger partial charge in [-0.15, -0.1) is 0 Å². The number of urea groups is 1. The summed E-state index contributed by atoms with van der Waals surface area (Å²) in [5, 5.41) is 9.71. The molecule has 3 aliphatic rings. The highest BCUT2D eigenvalue weighted by Crippen LogP contribution is 2.60. The number of benzene rings is 1. The lowest BCUT2D eigenvalue weighted by atomic mass is 9.76. The average Bonchev–Trinajstić information content (AvgIpc) is 3.29. The van der Waals surface area contributed by atoms with E-state index < -0.39 is 0 Å². The maximum atomic E-state index is 13.8. The molecule has 2 amide bonds. The highest BCUT2D eigenvalue weighted by Gasteiger charge is 2.60. The van der Waals surface area contributed by atoms with Crippen LogP contribution >= 0.6 is 0 Å². The van der Waals surface area contributed by atoms with Gasteiger partial charge in [-0.3, -0.25) is 0 Å². The molecule has 0 spiro atoms. The molecule has 1 unspecified atom stereocenters. The fourth-order valence-electron chi connectivity index (χ4n) is 5.86. The van der Waals surface area contributed by atoms with Crippen LogP contribution in [-0.4, -0.2) is 28.8 Å². The van der Waals surface area contributed by atoms with Gasteiger partial charge in [0.15, 0.2) is 0 Å². The number of rotatable bonds is 6. The molecule has 4 nitrogen and oxygen atoms in total. The number of halogens is 1. The third-order valence-corrected chi connectivity index (χ3v) is 8.05. The summed E-state index contributed by atoms with van der Waals surface area (Å²) >= 11 is 0. The first-order valence-electron chi connectivity index (χ1n) is 11.3. The van der Waals surface area contributed by atoms with Crippen molar-refractivity contribution in [2.24, 2.45) is 16.4 Å². The quantitative estimate of drug-likeness (QED) is 0.600. The van der Waals surface area contributed by atoms with Crippen molar-refractivity contribution in [3.63, 3.8) is 0 Å². The highest BCUT2D eigenvalue weighted by atomic mass is 19.1. The van der Waals surface area contributed by atoms with Crippen LogP contribution in [0.3, 0.4) is 0 Å². The Labute approximate surface area is 173 Å². The summed E-state index contributed by atoms with van der Waals surface area (Å²) in [6, 6.07) is 6.65. The van der Waals surface area contributed by atoms with Crippen LogP contribution < -0.4 is 5.32 Å². The first-order chi connectivity index (χ1) is 13.9. The second kappa shape index (κ2) is 7.73. The summed E-state index contributed by atoms with van der Waals surface area (Å²) in [6.07, 6.45) is 8.96. The van der Waals surface area contributed by atoms with Gasteiger partial charge < -0.3 is 5.32 Å². The molecule has 2 fully saturated rings. The molecule has 0 aromatic heterocycles. The van der Waals surface area contributed by atoms with Crippen molar-refractivity contribution in [3.8, 4) is 0 Å². The van der Waals surface area contributed by atoms with Gasteiger partial charge in [0.2, 0.25) is 0 Å². The molecule has 2 atom stereocenters. The molecule has 4 rings (SSSR count). The molecular weight excluding hydrogens is 365 g/mol. The second-order valence-electron chi connectivity index (χ2n) is 9.71. The van der Waals surface area contributed by atoms with Gasteiger partial charge in [0.05, 0.1) is 6.54 Å². The summed E-state index contributed by atoms with van der Waals surface area (Å²) in [6.45, 7) is 7.21. The molecule has 2 bridgehead atoms. The van der Waals surface area contributed by atoms with E-state index in [1.165, 1.54) is 31.7 Å². The summed E-state index contributed by atoms with van der Waals surface area (Å²) in [5.41, 5.74) is 1.95. The van der Waals surface area contributed by atoms with E-state index in [0.29, 0.717) is 12.5 Å². The number of fused-ring (bicyclic) bond motifs is 2. The average molecular weight is 400 g/mol. The number of carbonyl (C=O) groups excluding carboxylic acids is 1. The van der Waals surface area contributed by atoms with Crippen molar-refractivity contribution in [2.45, 2.75) is 83.6 Å². The molecule has 29 heavy (non-hydrogen) atoms. The van der Waals surface area contributed by atoms with Gasteiger partial charge in [0.25, 0.3) is 0 Å². The summed E-state index contributed by atoms with van der Waals surface area (Å²) < 4.78 is 13.8.